The average molecular weight is 515 g/mol. The molecule has 2 atom stereocenters. The Morgan fingerprint density at radius 2 is 1.95 bits per heavy atom. The maximum atomic E-state index is 12.3. The topological polar surface area (TPSA) is 86.6 Å². The molecular formula is C14H15I2NO4. The lowest BCUT2D eigenvalue weighted by molar-refractivity contribution is -0.143. The molecule has 1 aliphatic rings. The molecule has 114 valence electrons. The average Bonchev–Trinajstić information content (AvgIpc) is 2.43. The van der Waals surface area contributed by atoms with Gasteiger partial charge in [-0.05, 0) is 76.6 Å². The molecule has 7 heteroatoms. The summed E-state index contributed by atoms with van der Waals surface area (Å²) in [7, 11) is 0. The van der Waals surface area contributed by atoms with Gasteiger partial charge in [0.05, 0.1) is 15.1 Å². The van der Waals surface area contributed by atoms with Crippen molar-refractivity contribution in [1.82, 2.24) is 5.32 Å². The van der Waals surface area contributed by atoms with Gasteiger partial charge in [-0.15, -0.1) is 0 Å². The number of carbonyl (C=O) groups excluding carboxylic acids is 1. The van der Waals surface area contributed by atoms with Crippen LogP contribution in [-0.4, -0.2) is 28.1 Å². The second-order valence-electron chi connectivity index (χ2n) is 5.16. The van der Waals surface area contributed by atoms with E-state index in [2.05, 4.69) is 27.9 Å². The minimum atomic E-state index is -0.805. The van der Waals surface area contributed by atoms with Gasteiger partial charge < -0.3 is 15.5 Å². The summed E-state index contributed by atoms with van der Waals surface area (Å²) in [6.45, 7) is 0. The Balaban J connectivity index is 2.10. The Labute approximate surface area is 149 Å². The Morgan fingerprint density at radius 1 is 1.24 bits per heavy atom. The molecule has 0 radical (unpaired) electrons. The van der Waals surface area contributed by atoms with Crippen LogP contribution in [0, 0.1) is 13.1 Å². The van der Waals surface area contributed by atoms with Crippen molar-refractivity contribution in [3.05, 3.63) is 24.8 Å². The molecule has 0 heterocycles. The van der Waals surface area contributed by atoms with Crippen LogP contribution in [0.25, 0.3) is 0 Å². The molecule has 21 heavy (non-hydrogen) atoms. The number of nitrogens with one attached hydrogen (secondary N) is 1. The molecule has 3 N–H and O–H groups in total. The zero-order chi connectivity index (χ0) is 15.6. The quantitative estimate of drug-likeness (QED) is 0.541. The summed E-state index contributed by atoms with van der Waals surface area (Å²) in [5, 5.41) is 21.9. The number of aromatic hydroxyl groups is 1. The van der Waals surface area contributed by atoms with Crippen molar-refractivity contribution in [3.8, 4) is 5.75 Å². The van der Waals surface area contributed by atoms with Gasteiger partial charge >= 0.3 is 5.97 Å². The molecule has 2 unspecified atom stereocenters. The summed E-state index contributed by atoms with van der Waals surface area (Å²) in [4.78, 5) is 23.3. The molecule has 2 rings (SSSR count). The van der Waals surface area contributed by atoms with Crippen LogP contribution in [-0.2, 0) is 4.79 Å². The van der Waals surface area contributed by atoms with Gasteiger partial charge in [0.2, 0.25) is 0 Å². The SMILES string of the molecule is O=C(NC1CCCC(C(=O)O)C1)c1cc(I)cc(I)c1O. The lowest BCUT2D eigenvalue weighted by Gasteiger charge is -2.27. The van der Waals surface area contributed by atoms with Crippen molar-refractivity contribution in [2.45, 2.75) is 31.7 Å². The number of carboxylic acid groups (broad SMARTS) is 1. The highest BCUT2D eigenvalue weighted by atomic mass is 127. The van der Waals surface area contributed by atoms with E-state index in [1.807, 2.05) is 22.6 Å². The number of hydrogen-bond acceptors (Lipinski definition) is 3. The van der Waals surface area contributed by atoms with E-state index in [1.54, 1.807) is 12.1 Å². The molecule has 0 aromatic heterocycles. The number of phenolic OH excluding ortho intramolecular Hbond substituents is 1. The summed E-state index contributed by atoms with van der Waals surface area (Å²) in [5.74, 6) is -1.58. The predicted octanol–water partition coefficient (Wildman–Crippen LogP) is 2.97. The fourth-order valence-electron chi connectivity index (χ4n) is 2.55. The third-order valence-corrected chi connectivity index (χ3v) is 5.08. The molecule has 1 aliphatic carbocycles. The highest BCUT2D eigenvalue weighted by Gasteiger charge is 2.28. The molecule has 1 fully saturated rings. The molecule has 1 amide bonds. The Morgan fingerprint density at radius 3 is 2.62 bits per heavy atom. The van der Waals surface area contributed by atoms with E-state index in [4.69, 9.17) is 5.11 Å². The van der Waals surface area contributed by atoms with Crippen molar-refractivity contribution >= 4 is 57.1 Å². The molecule has 1 aromatic rings. The van der Waals surface area contributed by atoms with E-state index >= 15 is 0 Å². The normalized spacial score (nSPS) is 21.8. The van der Waals surface area contributed by atoms with Crippen LogP contribution in [0.2, 0.25) is 0 Å². The number of benzene rings is 1. The smallest absolute Gasteiger partial charge is 0.306 e. The number of hydrogen-bond donors (Lipinski definition) is 3. The van der Waals surface area contributed by atoms with E-state index in [0.717, 1.165) is 16.4 Å². The van der Waals surface area contributed by atoms with Crippen LogP contribution < -0.4 is 5.32 Å². The van der Waals surface area contributed by atoms with Crippen LogP contribution in [0.4, 0.5) is 0 Å². The van der Waals surface area contributed by atoms with Gasteiger partial charge in [0, 0.05) is 9.61 Å². The first kappa shape index (κ1) is 16.8. The van der Waals surface area contributed by atoms with Crippen molar-refractivity contribution in [2.24, 2.45) is 5.92 Å². The number of carboxylic acids is 1. The standard InChI is InChI=1S/C14H15I2NO4/c15-8-5-10(12(18)11(16)6-8)13(19)17-9-3-1-2-7(4-9)14(20)21/h5-7,9,18H,1-4H2,(H,17,19)(H,20,21). The Hall–Kier alpha value is -0.580. The van der Waals surface area contributed by atoms with E-state index in [1.165, 1.54) is 0 Å². The Bertz CT molecular complexity index is 576. The first-order valence-corrected chi connectivity index (χ1v) is 8.76. The van der Waals surface area contributed by atoms with E-state index in [9.17, 15) is 14.7 Å². The minimum Gasteiger partial charge on any atom is -0.506 e. The lowest BCUT2D eigenvalue weighted by atomic mass is 9.85. The van der Waals surface area contributed by atoms with E-state index < -0.39 is 11.9 Å². The minimum absolute atomic E-state index is 0.0286. The summed E-state index contributed by atoms with van der Waals surface area (Å²) < 4.78 is 1.49. The zero-order valence-corrected chi connectivity index (χ0v) is 15.4. The number of amides is 1. The van der Waals surface area contributed by atoms with Crippen molar-refractivity contribution in [3.63, 3.8) is 0 Å². The van der Waals surface area contributed by atoms with Gasteiger partial charge in [0.25, 0.3) is 5.91 Å². The molecule has 0 aliphatic heterocycles. The first-order chi connectivity index (χ1) is 9.88. The molecule has 0 bridgehead atoms. The fourth-order valence-corrected chi connectivity index (χ4v) is 4.39. The Kier molecular flexibility index (Phi) is 5.69. The molecule has 0 spiro atoms. The van der Waals surface area contributed by atoms with Crippen molar-refractivity contribution < 1.29 is 19.8 Å². The summed E-state index contributed by atoms with van der Waals surface area (Å²) in [6.07, 6.45) is 2.67. The van der Waals surface area contributed by atoms with Crippen LogP contribution in [0.1, 0.15) is 36.0 Å². The van der Waals surface area contributed by atoms with Gasteiger partial charge in [0.15, 0.2) is 0 Å². The van der Waals surface area contributed by atoms with E-state index in [0.29, 0.717) is 16.4 Å². The fraction of sp³-hybridized carbons (Fsp3) is 0.429. The van der Waals surface area contributed by atoms with Crippen LogP contribution >= 0.6 is 45.2 Å². The highest BCUT2D eigenvalue weighted by Crippen LogP contribution is 2.28. The van der Waals surface area contributed by atoms with Gasteiger partial charge in [-0.2, -0.15) is 0 Å². The third-order valence-electron chi connectivity index (χ3n) is 3.63. The lowest BCUT2D eigenvalue weighted by Crippen LogP contribution is -2.40. The van der Waals surface area contributed by atoms with Crippen LogP contribution in [0.5, 0.6) is 5.75 Å². The molecule has 0 saturated heterocycles. The summed E-state index contributed by atoms with van der Waals surface area (Å²) in [6, 6.07) is 3.27. The maximum Gasteiger partial charge on any atom is 0.306 e. The van der Waals surface area contributed by atoms with Crippen molar-refractivity contribution in [2.75, 3.05) is 0 Å². The molecule has 1 saturated carbocycles. The largest absolute Gasteiger partial charge is 0.506 e. The number of halogens is 2. The first-order valence-electron chi connectivity index (χ1n) is 6.60. The third kappa shape index (κ3) is 4.21. The second-order valence-corrected chi connectivity index (χ2v) is 7.56. The molecular weight excluding hydrogens is 500 g/mol. The molecule has 5 nitrogen and oxygen atoms in total. The highest BCUT2D eigenvalue weighted by molar-refractivity contribution is 14.1. The monoisotopic (exact) mass is 515 g/mol. The zero-order valence-electron chi connectivity index (χ0n) is 11.1. The van der Waals surface area contributed by atoms with E-state index in [-0.39, 0.29) is 23.3 Å². The maximum absolute atomic E-state index is 12.3. The van der Waals surface area contributed by atoms with Crippen LogP contribution in [0.15, 0.2) is 12.1 Å². The van der Waals surface area contributed by atoms with Gasteiger partial charge in [0.1, 0.15) is 5.75 Å². The van der Waals surface area contributed by atoms with Gasteiger partial charge in [-0.3, -0.25) is 9.59 Å². The summed E-state index contributed by atoms with van der Waals surface area (Å²) in [5.41, 5.74) is 0.240. The number of aliphatic carboxylic acids is 1. The van der Waals surface area contributed by atoms with Crippen molar-refractivity contribution in [1.29, 1.82) is 0 Å². The number of phenols is 1. The van der Waals surface area contributed by atoms with Gasteiger partial charge in [-0.1, -0.05) is 6.42 Å². The van der Waals surface area contributed by atoms with Gasteiger partial charge in [-0.25, -0.2) is 0 Å². The van der Waals surface area contributed by atoms with Crippen LogP contribution in [0.3, 0.4) is 0 Å². The second kappa shape index (κ2) is 7.12. The summed E-state index contributed by atoms with van der Waals surface area (Å²) >= 11 is 4.07. The number of carbonyl (C=O) groups is 2. The molecule has 1 aromatic carbocycles. The number of rotatable bonds is 3. The predicted molar refractivity (Wildman–Crippen MR) is 94.4 cm³/mol.